The Morgan fingerprint density at radius 2 is 2.06 bits per heavy atom. The molecular weight excluding hydrogens is 250 g/mol. The lowest BCUT2D eigenvalue weighted by molar-refractivity contribution is 0.354. The van der Waals surface area contributed by atoms with E-state index in [0.29, 0.717) is 0 Å². The molecule has 5 nitrogen and oxygen atoms in total. The zero-order valence-corrected chi connectivity index (χ0v) is 11.2. The van der Waals surface area contributed by atoms with E-state index in [2.05, 4.69) is 15.5 Å². The van der Waals surface area contributed by atoms with Crippen LogP contribution in [0.25, 0.3) is 0 Å². The molecule has 1 aromatic carbocycles. The van der Waals surface area contributed by atoms with Gasteiger partial charge in [0.1, 0.15) is 5.51 Å². The van der Waals surface area contributed by atoms with Crippen molar-refractivity contribution in [3.05, 3.63) is 29.3 Å². The van der Waals surface area contributed by atoms with E-state index in [-0.39, 0.29) is 0 Å². The molecule has 0 aliphatic carbocycles. The molecule has 0 aliphatic rings. The highest BCUT2D eigenvalue weighted by Gasteiger charge is 2.04. The monoisotopic (exact) mass is 265 g/mol. The average molecular weight is 265 g/mol. The maximum Gasteiger partial charge on any atom is 0.205 e. The Hall–Kier alpha value is -1.82. The Labute approximate surface area is 110 Å². The number of hydrogen-bond donors (Lipinski definition) is 1. The molecule has 1 aromatic heterocycles. The first kappa shape index (κ1) is 12.6. The van der Waals surface area contributed by atoms with Gasteiger partial charge in [0.25, 0.3) is 0 Å². The first-order valence-corrected chi connectivity index (χ1v) is 6.42. The summed E-state index contributed by atoms with van der Waals surface area (Å²) >= 11 is 1.49. The van der Waals surface area contributed by atoms with Crippen molar-refractivity contribution in [3.63, 3.8) is 0 Å². The van der Waals surface area contributed by atoms with Gasteiger partial charge in [-0.1, -0.05) is 17.4 Å². The number of benzene rings is 1. The van der Waals surface area contributed by atoms with Gasteiger partial charge in [0, 0.05) is 6.54 Å². The van der Waals surface area contributed by atoms with Crippen LogP contribution in [0, 0.1) is 0 Å². The van der Waals surface area contributed by atoms with Crippen LogP contribution in [0.1, 0.15) is 5.56 Å². The lowest BCUT2D eigenvalue weighted by Gasteiger charge is -2.09. The highest BCUT2D eigenvalue weighted by atomic mass is 32.1. The number of anilines is 1. The van der Waals surface area contributed by atoms with Crippen molar-refractivity contribution in [1.29, 1.82) is 0 Å². The molecule has 6 heteroatoms. The summed E-state index contributed by atoms with van der Waals surface area (Å²) in [5.41, 5.74) is 2.89. The lowest BCUT2D eigenvalue weighted by Crippen LogP contribution is -2.04. The van der Waals surface area contributed by atoms with Crippen LogP contribution in [0.4, 0.5) is 5.13 Å². The predicted molar refractivity (Wildman–Crippen MR) is 71.6 cm³/mol. The molecular formula is C12H15N3O2S. The highest BCUT2D eigenvalue weighted by Crippen LogP contribution is 2.27. The molecule has 0 amide bonds. The van der Waals surface area contributed by atoms with Gasteiger partial charge in [0.15, 0.2) is 11.5 Å². The second kappa shape index (κ2) is 6.20. The van der Waals surface area contributed by atoms with Crippen LogP contribution in [0.5, 0.6) is 11.5 Å². The molecule has 0 atom stereocenters. The van der Waals surface area contributed by atoms with Crippen molar-refractivity contribution in [2.75, 3.05) is 26.1 Å². The van der Waals surface area contributed by atoms with Crippen molar-refractivity contribution in [2.45, 2.75) is 6.42 Å². The van der Waals surface area contributed by atoms with Gasteiger partial charge in [-0.05, 0) is 24.1 Å². The summed E-state index contributed by atoms with van der Waals surface area (Å²) in [7, 11) is 3.27. The Bertz CT molecular complexity index is 488. The molecule has 0 fully saturated rings. The van der Waals surface area contributed by atoms with Gasteiger partial charge in [0.2, 0.25) is 5.13 Å². The zero-order chi connectivity index (χ0) is 12.8. The molecule has 0 radical (unpaired) electrons. The summed E-state index contributed by atoms with van der Waals surface area (Å²) in [6, 6.07) is 5.93. The summed E-state index contributed by atoms with van der Waals surface area (Å²) in [5.74, 6) is 1.50. The minimum Gasteiger partial charge on any atom is -0.493 e. The zero-order valence-electron chi connectivity index (χ0n) is 10.3. The van der Waals surface area contributed by atoms with Crippen LogP contribution in [0.3, 0.4) is 0 Å². The van der Waals surface area contributed by atoms with Crippen molar-refractivity contribution in [3.8, 4) is 11.5 Å². The molecule has 96 valence electrons. The van der Waals surface area contributed by atoms with Gasteiger partial charge in [-0.25, -0.2) is 0 Å². The van der Waals surface area contributed by atoms with Gasteiger partial charge in [-0.15, -0.1) is 10.2 Å². The maximum absolute atomic E-state index is 5.26. The fourth-order valence-electron chi connectivity index (χ4n) is 1.60. The van der Waals surface area contributed by atoms with E-state index >= 15 is 0 Å². The van der Waals surface area contributed by atoms with Crippen molar-refractivity contribution < 1.29 is 9.47 Å². The van der Waals surface area contributed by atoms with Crippen molar-refractivity contribution >= 4 is 16.5 Å². The summed E-state index contributed by atoms with van der Waals surface area (Å²) in [6.45, 7) is 0.810. The minimum atomic E-state index is 0.748. The van der Waals surface area contributed by atoms with Crippen LogP contribution < -0.4 is 14.8 Å². The van der Waals surface area contributed by atoms with E-state index < -0.39 is 0 Å². The molecule has 0 unspecified atom stereocenters. The standard InChI is InChI=1S/C12H15N3O2S/c1-16-10-4-3-9(7-11(10)17-2)5-6-13-12-15-14-8-18-12/h3-4,7-8H,5-6H2,1-2H3,(H,13,15). The maximum atomic E-state index is 5.26. The first-order chi connectivity index (χ1) is 8.83. The van der Waals surface area contributed by atoms with Crippen LogP contribution >= 0.6 is 11.3 Å². The van der Waals surface area contributed by atoms with Gasteiger partial charge in [0.05, 0.1) is 14.2 Å². The van der Waals surface area contributed by atoms with Gasteiger partial charge < -0.3 is 14.8 Å². The van der Waals surface area contributed by atoms with E-state index in [1.165, 1.54) is 16.9 Å². The Morgan fingerprint density at radius 3 is 2.72 bits per heavy atom. The van der Waals surface area contributed by atoms with E-state index in [4.69, 9.17) is 9.47 Å². The molecule has 1 N–H and O–H groups in total. The van der Waals surface area contributed by atoms with Crippen LogP contribution in [-0.4, -0.2) is 31.0 Å². The van der Waals surface area contributed by atoms with Gasteiger partial charge >= 0.3 is 0 Å². The molecule has 0 aliphatic heterocycles. The summed E-state index contributed by atoms with van der Waals surface area (Å²) < 4.78 is 10.5. The van der Waals surface area contributed by atoms with Gasteiger partial charge in [-0.2, -0.15) is 0 Å². The van der Waals surface area contributed by atoms with Crippen LogP contribution in [-0.2, 0) is 6.42 Å². The number of methoxy groups -OCH3 is 2. The second-order valence-electron chi connectivity index (χ2n) is 3.61. The minimum absolute atomic E-state index is 0.748. The quantitative estimate of drug-likeness (QED) is 0.867. The van der Waals surface area contributed by atoms with Crippen LogP contribution in [0.15, 0.2) is 23.7 Å². The molecule has 0 spiro atoms. The average Bonchev–Trinajstić information content (AvgIpc) is 2.91. The number of hydrogen-bond acceptors (Lipinski definition) is 6. The number of nitrogens with one attached hydrogen (secondary N) is 1. The SMILES string of the molecule is COc1ccc(CCNc2nncs2)cc1OC. The van der Waals surface area contributed by atoms with E-state index in [9.17, 15) is 0 Å². The number of ether oxygens (including phenoxy) is 2. The molecule has 0 saturated heterocycles. The first-order valence-electron chi connectivity index (χ1n) is 5.54. The number of nitrogens with zero attached hydrogens (tertiary/aromatic N) is 2. The Kier molecular flexibility index (Phi) is 4.35. The molecule has 0 saturated carbocycles. The summed E-state index contributed by atoms with van der Waals surface area (Å²) in [6.07, 6.45) is 0.889. The number of rotatable bonds is 6. The second-order valence-corrected chi connectivity index (χ2v) is 4.44. The fourth-order valence-corrected chi connectivity index (χ4v) is 2.07. The third-order valence-electron chi connectivity index (χ3n) is 2.50. The Morgan fingerprint density at radius 1 is 1.22 bits per heavy atom. The Balaban J connectivity index is 1.93. The van der Waals surface area contributed by atoms with Crippen LogP contribution in [0.2, 0.25) is 0 Å². The van der Waals surface area contributed by atoms with E-state index in [1.807, 2.05) is 18.2 Å². The number of aromatic nitrogens is 2. The fraction of sp³-hybridized carbons (Fsp3) is 0.333. The third kappa shape index (κ3) is 3.10. The van der Waals surface area contributed by atoms with Crippen molar-refractivity contribution in [2.24, 2.45) is 0 Å². The van der Waals surface area contributed by atoms with E-state index in [0.717, 1.165) is 29.6 Å². The smallest absolute Gasteiger partial charge is 0.205 e. The summed E-state index contributed by atoms with van der Waals surface area (Å²) in [4.78, 5) is 0. The third-order valence-corrected chi connectivity index (χ3v) is 3.15. The topological polar surface area (TPSA) is 56.3 Å². The predicted octanol–water partition coefficient (Wildman–Crippen LogP) is 2.21. The largest absolute Gasteiger partial charge is 0.493 e. The highest BCUT2D eigenvalue weighted by molar-refractivity contribution is 7.13. The normalized spacial score (nSPS) is 10.1. The van der Waals surface area contributed by atoms with Gasteiger partial charge in [-0.3, -0.25) is 0 Å². The lowest BCUT2D eigenvalue weighted by atomic mass is 10.1. The molecule has 2 aromatic rings. The summed E-state index contributed by atoms with van der Waals surface area (Å²) in [5, 5.41) is 11.7. The molecule has 0 bridgehead atoms. The molecule has 18 heavy (non-hydrogen) atoms. The van der Waals surface area contributed by atoms with E-state index in [1.54, 1.807) is 19.7 Å². The molecule has 2 rings (SSSR count). The molecule has 1 heterocycles. The van der Waals surface area contributed by atoms with Crippen molar-refractivity contribution in [1.82, 2.24) is 10.2 Å².